The number of nitrogens with one attached hydrogen (secondary N) is 1. The summed E-state index contributed by atoms with van der Waals surface area (Å²) in [6, 6.07) is 14.1. The van der Waals surface area contributed by atoms with Crippen molar-refractivity contribution < 1.29 is 14.1 Å². The van der Waals surface area contributed by atoms with E-state index < -0.39 is 0 Å². The molecule has 3 aromatic rings. The Morgan fingerprint density at radius 2 is 2.04 bits per heavy atom. The Morgan fingerprint density at radius 1 is 1.21 bits per heavy atom. The second-order valence-electron chi connectivity index (χ2n) is 6.40. The molecule has 28 heavy (non-hydrogen) atoms. The van der Waals surface area contributed by atoms with E-state index in [9.17, 15) is 9.59 Å². The van der Waals surface area contributed by atoms with Gasteiger partial charge in [-0.15, -0.1) is 0 Å². The fourth-order valence-corrected chi connectivity index (χ4v) is 3.16. The number of carbonyl (C=O) groups excluding carboxylic acids is 2. The van der Waals surface area contributed by atoms with E-state index in [0.29, 0.717) is 35.3 Å². The van der Waals surface area contributed by atoms with Gasteiger partial charge in [-0.05, 0) is 48.9 Å². The van der Waals surface area contributed by atoms with Crippen molar-refractivity contribution >= 4 is 29.1 Å². The molecule has 7 nitrogen and oxygen atoms in total. The van der Waals surface area contributed by atoms with Gasteiger partial charge in [-0.2, -0.15) is 4.98 Å². The van der Waals surface area contributed by atoms with Crippen LogP contribution in [0.2, 0.25) is 5.02 Å². The van der Waals surface area contributed by atoms with Crippen LogP contribution in [0.4, 0.5) is 5.69 Å². The first kappa shape index (κ1) is 18.2. The molecule has 0 bridgehead atoms. The minimum absolute atomic E-state index is 0.0816. The lowest BCUT2D eigenvalue weighted by Gasteiger charge is -2.16. The summed E-state index contributed by atoms with van der Waals surface area (Å²) < 4.78 is 5.19. The first-order chi connectivity index (χ1) is 13.6. The van der Waals surface area contributed by atoms with Crippen molar-refractivity contribution in [3.8, 4) is 11.4 Å². The summed E-state index contributed by atoms with van der Waals surface area (Å²) in [4.78, 5) is 30.3. The molecule has 1 fully saturated rings. The number of rotatable bonds is 5. The van der Waals surface area contributed by atoms with Crippen LogP contribution in [-0.2, 0) is 11.3 Å². The van der Waals surface area contributed by atoms with Crippen LogP contribution in [0.1, 0.15) is 29.1 Å². The quantitative estimate of drug-likeness (QED) is 0.713. The molecule has 8 heteroatoms. The fourth-order valence-electron chi connectivity index (χ4n) is 3.04. The van der Waals surface area contributed by atoms with Crippen molar-refractivity contribution in [3.63, 3.8) is 0 Å². The second kappa shape index (κ2) is 7.82. The Morgan fingerprint density at radius 3 is 2.79 bits per heavy atom. The number of anilines is 1. The number of hydrogen-bond donors (Lipinski definition) is 1. The lowest BCUT2D eigenvalue weighted by molar-refractivity contribution is -0.117. The molecular formula is C20H17ClN4O3. The highest BCUT2D eigenvalue weighted by Gasteiger charge is 2.22. The summed E-state index contributed by atoms with van der Waals surface area (Å²) in [5.41, 5.74) is 1.97. The number of hydrogen-bond acceptors (Lipinski definition) is 5. The van der Waals surface area contributed by atoms with Gasteiger partial charge < -0.3 is 14.7 Å². The van der Waals surface area contributed by atoms with E-state index in [1.54, 1.807) is 47.4 Å². The van der Waals surface area contributed by atoms with E-state index in [1.807, 2.05) is 6.07 Å². The molecule has 2 heterocycles. The summed E-state index contributed by atoms with van der Waals surface area (Å²) in [7, 11) is 0. The third-order valence-electron chi connectivity index (χ3n) is 4.46. The van der Waals surface area contributed by atoms with Gasteiger partial charge in [0.15, 0.2) is 0 Å². The number of amides is 2. The highest BCUT2D eigenvalue weighted by Crippen LogP contribution is 2.22. The highest BCUT2D eigenvalue weighted by atomic mass is 35.5. The summed E-state index contributed by atoms with van der Waals surface area (Å²) >= 11 is 5.87. The van der Waals surface area contributed by atoms with Crippen LogP contribution in [0.5, 0.6) is 0 Å². The van der Waals surface area contributed by atoms with Crippen LogP contribution in [-0.4, -0.2) is 28.5 Å². The molecule has 1 N–H and O–H groups in total. The maximum atomic E-state index is 12.5. The molecule has 1 aliphatic heterocycles. The van der Waals surface area contributed by atoms with Crippen molar-refractivity contribution in [2.24, 2.45) is 0 Å². The smallest absolute Gasteiger partial charge is 0.251 e. The number of nitrogens with zero attached hydrogens (tertiary/aromatic N) is 3. The normalized spacial score (nSPS) is 13.8. The van der Waals surface area contributed by atoms with Crippen molar-refractivity contribution in [1.29, 1.82) is 0 Å². The standard InChI is InChI=1S/C20H17ClN4O3/c21-15-8-6-13(7-9-15)19-23-17(28-24-19)12-22-20(27)14-3-1-4-16(11-14)25-10-2-5-18(25)26/h1,3-4,6-9,11H,2,5,10,12H2,(H,22,27). The third-order valence-corrected chi connectivity index (χ3v) is 4.72. The predicted molar refractivity (Wildman–Crippen MR) is 104 cm³/mol. The molecule has 0 spiro atoms. The molecule has 0 radical (unpaired) electrons. The van der Waals surface area contributed by atoms with Crippen LogP contribution in [0.15, 0.2) is 53.1 Å². The molecule has 2 amide bonds. The number of aromatic nitrogens is 2. The molecule has 4 rings (SSSR count). The van der Waals surface area contributed by atoms with E-state index in [-0.39, 0.29) is 18.4 Å². The number of halogens is 1. The summed E-state index contributed by atoms with van der Waals surface area (Å²) in [6.07, 6.45) is 1.38. The molecule has 0 saturated carbocycles. The minimum atomic E-state index is -0.278. The van der Waals surface area contributed by atoms with Gasteiger partial charge >= 0.3 is 0 Å². The first-order valence-electron chi connectivity index (χ1n) is 8.87. The van der Waals surface area contributed by atoms with Gasteiger partial charge in [0.05, 0.1) is 6.54 Å². The van der Waals surface area contributed by atoms with E-state index in [2.05, 4.69) is 15.5 Å². The van der Waals surface area contributed by atoms with Gasteiger partial charge in [0.2, 0.25) is 17.6 Å². The Kier molecular flexibility index (Phi) is 5.08. The molecule has 142 valence electrons. The van der Waals surface area contributed by atoms with E-state index in [0.717, 1.165) is 17.7 Å². The van der Waals surface area contributed by atoms with Gasteiger partial charge in [0, 0.05) is 34.8 Å². The van der Waals surface area contributed by atoms with Crippen molar-refractivity contribution in [2.45, 2.75) is 19.4 Å². The van der Waals surface area contributed by atoms with E-state index in [4.69, 9.17) is 16.1 Å². The average molecular weight is 397 g/mol. The Balaban J connectivity index is 1.41. The van der Waals surface area contributed by atoms with Crippen molar-refractivity contribution in [1.82, 2.24) is 15.5 Å². The van der Waals surface area contributed by atoms with Crippen LogP contribution in [0.25, 0.3) is 11.4 Å². The number of carbonyl (C=O) groups is 2. The Labute approximate surface area is 166 Å². The fraction of sp³-hybridized carbons (Fsp3) is 0.200. The topological polar surface area (TPSA) is 88.3 Å². The first-order valence-corrected chi connectivity index (χ1v) is 9.25. The van der Waals surface area contributed by atoms with Crippen LogP contribution in [0, 0.1) is 0 Å². The van der Waals surface area contributed by atoms with Crippen molar-refractivity contribution in [3.05, 3.63) is 65.0 Å². The zero-order valence-corrected chi connectivity index (χ0v) is 15.6. The predicted octanol–water partition coefficient (Wildman–Crippen LogP) is 3.45. The number of benzene rings is 2. The molecule has 0 atom stereocenters. The third kappa shape index (κ3) is 3.89. The maximum absolute atomic E-state index is 12.5. The van der Waals surface area contributed by atoms with E-state index >= 15 is 0 Å². The summed E-state index contributed by atoms with van der Waals surface area (Å²) in [6.45, 7) is 0.783. The average Bonchev–Trinajstić information content (AvgIpc) is 3.36. The van der Waals surface area contributed by atoms with Crippen LogP contribution < -0.4 is 10.2 Å². The van der Waals surface area contributed by atoms with Gasteiger partial charge in [0.25, 0.3) is 5.91 Å². The zero-order chi connectivity index (χ0) is 19.5. The van der Waals surface area contributed by atoms with Gasteiger partial charge in [0.1, 0.15) is 0 Å². The zero-order valence-electron chi connectivity index (χ0n) is 14.9. The minimum Gasteiger partial charge on any atom is -0.343 e. The molecule has 1 saturated heterocycles. The molecule has 2 aromatic carbocycles. The summed E-state index contributed by atoms with van der Waals surface area (Å²) in [5, 5.41) is 7.30. The van der Waals surface area contributed by atoms with Crippen LogP contribution in [0.3, 0.4) is 0 Å². The molecular weight excluding hydrogens is 380 g/mol. The maximum Gasteiger partial charge on any atom is 0.251 e. The molecule has 1 aliphatic rings. The van der Waals surface area contributed by atoms with Gasteiger partial charge in [-0.25, -0.2) is 0 Å². The summed E-state index contributed by atoms with van der Waals surface area (Å²) in [5.74, 6) is 0.525. The van der Waals surface area contributed by atoms with E-state index in [1.165, 1.54) is 0 Å². The molecule has 0 unspecified atom stereocenters. The monoisotopic (exact) mass is 396 g/mol. The van der Waals surface area contributed by atoms with Gasteiger partial charge in [-0.3, -0.25) is 9.59 Å². The lowest BCUT2D eigenvalue weighted by atomic mass is 10.1. The highest BCUT2D eigenvalue weighted by molar-refractivity contribution is 6.30. The molecule has 0 aliphatic carbocycles. The van der Waals surface area contributed by atoms with Crippen molar-refractivity contribution in [2.75, 3.05) is 11.4 Å². The SMILES string of the molecule is O=C(NCc1nc(-c2ccc(Cl)cc2)no1)c1cccc(N2CCCC2=O)c1. The Hall–Kier alpha value is -3.19. The lowest BCUT2D eigenvalue weighted by Crippen LogP contribution is -2.25. The Bertz CT molecular complexity index is 1020. The van der Waals surface area contributed by atoms with Gasteiger partial charge in [-0.1, -0.05) is 22.8 Å². The second-order valence-corrected chi connectivity index (χ2v) is 6.84. The van der Waals surface area contributed by atoms with Crippen LogP contribution >= 0.6 is 11.6 Å². The molecule has 1 aromatic heterocycles. The largest absolute Gasteiger partial charge is 0.343 e.